The third kappa shape index (κ3) is 1.83. The van der Waals surface area contributed by atoms with Crippen molar-refractivity contribution in [3.63, 3.8) is 0 Å². The van der Waals surface area contributed by atoms with Crippen LogP contribution >= 0.6 is 0 Å². The second-order valence-corrected chi connectivity index (χ2v) is 5.23. The molecule has 1 aromatic carbocycles. The second-order valence-electron chi connectivity index (χ2n) is 5.23. The highest BCUT2D eigenvalue weighted by molar-refractivity contribution is 6.52. The molecule has 0 saturated carbocycles. The first-order valence-corrected chi connectivity index (χ1v) is 6.94. The van der Waals surface area contributed by atoms with Crippen LogP contribution in [0.25, 0.3) is 5.76 Å². The zero-order valence-electron chi connectivity index (χ0n) is 11.3. The van der Waals surface area contributed by atoms with Crippen molar-refractivity contribution >= 4 is 17.3 Å². The molecule has 1 aliphatic heterocycles. The minimum absolute atomic E-state index is 0.0772. The third-order valence-electron chi connectivity index (χ3n) is 3.88. The van der Waals surface area contributed by atoms with Crippen molar-refractivity contribution in [1.82, 2.24) is 0 Å². The van der Waals surface area contributed by atoms with Gasteiger partial charge in [-0.15, -0.1) is 0 Å². The van der Waals surface area contributed by atoms with Crippen LogP contribution in [0, 0.1) is 0 Å². The van der Waals surface area contributed by atoms with Gasteiger partial charge in [0.05, 0.1) is 11.7 Å². The zero-order chi connectivity index (χ0) is 14.3. The van der Waals surface area contributed by atoms with Crippen LogP contribution in [0.1, 0.15) is 48.5 Å². The predicted molar refractivity (Wildman–Crippen MR) is 73.4 cm³/mol. The van der Waals surface area contributed by atoms with Crippen LogP contribution in [0.2, 0.25) is 0 Å². The molecule has 1 N–H and O–H groups in total. The lowest BCUT2D eigenvalue weighted by Gasteiger charge is -2.31. The molecule has 1 unspecified atom stereocenters. The summed E-state index contributed by atoms with van der Waals surface area (Å²) in [4.78, 5) is 24.2. The van der Waals surface area contributed by atoms with E-state index in [1.165, 1.54) is 6.07 Å². The maximum atomic E-state index is 12.1. The van der Waals surface area contributed by atoms with E-state index in [4.69, 9.17) is 4.74 Å². The van der Waals surface area contributed by atoms with E-state index >= 15 is 0 Å². The van der Waals surface area contributed by atoms with Crippen molar-refractivity contribution in [1.29, 1.82) is 0 Å². The van der Waals surface area contributed by atoms with E-state index in [1.807, 2.05) is 0 Å². The number of ketones is 2. The Morgan fingerprint density at radius 1 is 1.30 bits per heavy atom. The van der Waals surface area contributed by atoms with E-state index in [0.29, 0.717) is 23.3 Å². The normalized spacial score (nSPS) is 21.4. The molecule has 20 heavy (non-hydrogen) atoms. The number of phenols is 1. The molecule has 1 heterocycles. The first kappa shape index (κ1) is 12.9. The number of hydrogen-bond donors (Lipinski definition) is 1. The zero-order valence-corrected chi connectivity index (χ0v) is 11.3. The number of Topliss-reactive ketones (excluding diaryl/α,β-unsaturated/α-hetero) is 2. The van der Waals surface area contributed by atoms with Gasteiger partial charge in [-0.05, 0) is 25.3 Å². The van der Waals surface area contributed by atoms with Gasteiger partial charge in [0.1, 0.15) is 11.5 Å². The Morgan fingerprint density at radius 3 is 2.85 bits per heavy atom. The van der Waals surface area contributed by atoms with E-state index in [9.17, 15) is 14.7 Å². The van der Waals surface area contributed by atoms with Gasteiger partial charge >= 0.3 is 0 Å². The topological polar surface area (TPSA) is 63.6 Å². The molecule has 1 aliphatic carbocycles. The molecule has 0 aromatic heterocycles. The number of fused-ring (bicyclic) bond motifs is 2. The molecule has 0 amide bonds. The molecule has 4 heteroatoms. The van der Waals surface area contributed by atoms with Gasteiger partial charge in [0, 0.05) is 11.1 Å². The Morgan fingerprint density at radius 2 is 2.10 bits per heavy atom. The highest BCUT2D eigenvalue weighted by atomic mass is 16.5. The summed E-state index contributed by atoms with van der Waals surface area (Å²) in [5.41, 5.74) is 1.08. The molecule has 0 fully saturated rings. The summed E-state index contributed by atoms with van der Waals surface area (Å²) in [5.74, 6) is -0.836. The average Bonchev–Trinajstić information content (AvgIpc) is 2.45. The molecular formula is C16H16O4. The van der Waals surface area contributed by atoms with Crippen LogP contribution in [0.15, 0.2) is 23.8 Å². The maximum absolute atomic E-state index is 12.1. The molecule has 0 spiro atoms. The van der Waals surface area contributed by atoms with E-state index in [1.54, 1.807) is 12.1 Å². The van der Waals surface area contributed by atoms with Crippen molar-refractivity contribution in [3.8, 4) is 5.75 Å². The monoisotopic (exact) mass is 272 g/mol. The molecule has 1 aromatic rings. The molecule has 0 bridgehead atoms. The first-order chi connectivity index (χ1) is 9.63. The Bertz CT molecular complexity index is 627. The van der Waals surface area contributed by atoms with Gasteiger partial charge in [-0.1, -0.05) is 25.5 Å². The minimum atomic E-state index is -0.630. The van der Waals surface area contributed by atoms with Gasteiger partial charge in [-0.2, -0.15) is 0 Å². The van der Waals surface area contributed by atoms with Crippen LogP contribution in [0.4, 0.5) is 0 Å². The third-order valence-corrected chi connectivity index (χ3v) is 3.88. The fourth-order valence-corrected chi connectivity index (χ4v) is 2.90. The van der Waals surface area contributed by atoms with Crippen LogP contribution < -0.4 is 0 Å². The van der Waals surface area contributed by atoms with Crippen LogP contribution in [0.3, 0.4) is 0 Å². The number of hydrogen-bond acceptors (Lipinski definition) is 4. The molecule has 4 nitrogen and oxygen atoms in total. The standard InChI is InChI=1S/C16H16O4/c1-2-4-9-7-8-11-14(18)15(19)13-10(16(11)20-9)5-3-6-12(13)17/h3,5-6,9,17H,2,4,7-8H2,1H3. The van der Waals surface area contributed by atoms with Gasteiger partial charge in [0.15, 0.2) is 0 Å². The highest BCUT2D eigenvalue weighted by Gasteiger charge is 2.38. The summed E-state index contributed by atoms with van der Waals surface area (Å²) < 4.78 is 5.93. The van der Waals surface area contributed by atoms with Gasteiger partial charge in [0.25, 0.3) is 0 Å². The number of benzene rings is 1. The summed E-state index contributed by atoms with van der Waals surface area (Å²) in [6.45, 7) is 2.09. The van der Waals surface area contributed by atoms with Crippen LogP contribution in [-0.2, 0) is 9.53 Å². The Labute approximate surface area is 117 Å². The van der Waals surface area contributed by atoms with Crippen LogP contribution in [0.5, 0.6) is 5.75 Å². The van der Waals surface area contributed by atoms with E-state index in [2.05, 4.69) is 6.92 Å². The van der Waals surface area contributed by atoms with Crippen molar-refractivity contribution in [3.05, 3.63) is 34.9 Å². The molecule has 104 valence electrons. The van der Waals surface area contributed by atoms with Crippen molar-refractivity contribution in [2.45, 2.75) is 38.7 Å². The van der Waals surface area contributed by atoms with E-state index in [-0.39, 0.29) is 17.4 Å². The highest BCUT2D eigenvalue weighted by Crippen LogP contribution is 2.40. The molecule has 0 saturated heterocycles. The quantitative estimate of drug-likeness (QED) is 0.841. The summed E-state index contributed by atoms with van der Waals surface area (Å²) in [5, 5.41) is 9.85. The van der Waals surface area contributed by atoms with Gasteiger partial charge in [-0.25, -0.2) is 0 Å². The number of carbonyl (C=O) groups excluding carboxylic acids is 2. The fourth-order valence-electron chi connectivity index (χ4n) is 2.90. The van der Waals surface area contributed by atoms with Gasteiger partial charge in [0.2, 0.25) is 11.6 Å². The number of carbonyl (C=O) groups is 2. The van der Waals surface area contributed by atoms with Gasteiger partial charge in [-0.3, -0.25) is 9.59 Å². The lowest BCUT2D eigenvalue weighted by molar-refractivity contribution is -0.112. The first-order valence-electron chi connectivity index (χ1n) is 6.94. The summed E-state index contributed by atoms with van der Waals surface area (Å²) in [7, 11) is 0. The summed E-state index contributed by atoms with van der Waals surface area (Å²) in [6, 6.07) is 4.81. The SMILES string of the molecule is CCCC1CCC2=C(O1)c1cccc(O)c1C(=O)C2=O. The summed E-state index contributed by atoms with van der Waals surface area (Å²) >= 11 is 0. The number of allylic oxidation sites excluding steroid dienone is 1. The largest absolute Gasteiger partial charge is 0.507 e. The van der Waals surface area contributed by atoms with Gasteiger partial charge < -0.3 is 9.84 Å². The Hall–Kier alpha value is -2.10. The van der Waals surface area contributed by atoms with Crippen LogP contribution in [-0.4, -0.2) is 22.8 Å². The number of ether oxygens (including phenoxy) is 1. The molecule has 0 radical (unpaired) electrons. The minimum Gasteiger partial charge on any atom is -0.507 e. The Kier molecular flexibility index (Phi) is 3.08. The maximum Gasteiger partial charge on any atom is 0.237 e. The summed E-state index contributed by atoms with van der Waals surface area (Å²) in [6.07, 6.45) is 3.34. The molecule has 1 atom stereocenters. The molecule has 2 aliphatic rings. The van der Waals surface area contributed by atoms with Crippen molar-refractivity contribution < 1.29 is 19.4 Å². The number of rotatable bonds is 2. The van der Waals surface area contributed by atoms with E-state index in [0.717, 1.165) is 19.3 Å². The lowest BCUT2D eigenvalue weighted by atomic mass is 9.83. The lowest BCUT2D eigenvalue weighted by Crippen LogP contribution is -2.30. The number of phenolic OH excluding ortho intramolecular Hbond substituents is 1. The molecular weight excluding hydrogens is 256 g/mol. The van der Waals surface area contributed by atoms with Crippen molar-refractivity contribution in [2.75, 3.05) is 0 Å². The van der Waals surface area contributed by atoms with Crippen molar-refractivity contribution in [2.24, 2.45) is 0 Å². The smallest absolute Gasteiger partial charge is 0.237 e. The number of aromatic hydroxyl groups is 1. The molecule has 3 rings (SSSR count). The average molecular weight is 272 g/mol. The Balaban J connectivity index is 2.12. The predicted octanol–water partition coefficient (Wildman–Crippen LogP) is 2.85. The van der Waals surface area contributed by atoms with E-state index < -0.39 is 11.6 Å². The second kappa shape index (κ2) is 4.78. The fraction of sp³-hybridized carbons (Fsp3) is 0.375.